The molecule has 28 heavy (non-hydrogen) atoms. The van der Waals surface area contributed by atoms with Crippen LogP contribution in [0.3, 0.4) is 0 Å². The largest absolute Gasteiger partial charge is 0.376 e. The molecule has 0 unspecified atom stereocenters. The number of ether oxygens (including phenoxy) is 1. The summed E-state index contributed by atoms with van der Waals surface area (Å²) in [5.41, 5.74) is 1.16. The lowest BCUT2D eigenvalue weighted by Crippen LogP contribution is -2.62. The van der Waals surface area contributed by atoms with Crippen LogP contribution in [-0.2, 0) is 9.53 Å². The van der Waals surface area contributed by atoms with E-state index in [0.29, 0.717) is 12.1 Å². The summed E-state index contributed by atoms with van der Waals surface area (Å²) >= 11 is 0. The molecule has 2 fully saturated rings. The van der Waals surface area contributed by atoms with Crippen molar-refractivity contribution in [2.75, 3.05) is 13.2 Å². The maximum Gasteiger partial charge on any atom is 0.254 e. The van der Waals surface area contributed by atoms with Gasteiger partial charge in [-0.3, -0.25) is 9.59 Å². The number of carbonyl (C=O) groups excluding carboxylic acids is 2. The topological polar surface area (TPSA) is 58.6 Å². The van der Waals surface area contributed by atoms with E-state index in [1.54, 1.807) is 0 Å². The molecule has 5 heteroatoms. The van der Waals surface area contributed by atoms with Crippen molar-refractivity contribution in [1.82, 2.24) is 10.2 Å². The standard InChI is InChI=1S/C23H32N2O3/c1-3-16(2)24-21(26)20-18-10-4-5-11-19(18)22(27)25(15-17-9-8-14-28-17)23(20)12-6-7-13-23/h4-5,10-11,16-17,20H,3,6-9,12-15H2,1-2H3,(H,24,26)/t16-,17-,20-/m0/s1. The summed E-state index contributed by atoms with van der Waals surface area (Å²) in [6, 6.07) is 7.84. The lowest BCUT2D eigenvalue weighted by molar-refractivity contribution is -0.127. The summed E-state index contributed by atoms with van der Waals surface area (Å²) in [6.07, 6.45) is 6.92. The quantitative estimate of drug-likeness (QED) is 0.843. The molecule has 2 aliphatic heterocycles. The molecule has 2 amide bonds. The Balaban J connectivity index is 1.77. The average Bonchev–Trinajstić information content (AvgIpc) is 3.38. The summed E-state index contributed by atoms with van der Waals surface area (Å²) in [4.78, 5) is 29.1. The van der Waals surface area contributed by atoms with Crippen LogP contribution >= 0.6 is 0 Å². The first kappa shape index (κ1) is 19.4. The van der Waals surface area contributed by atoms with Crippen LogP contribution in [0.2, 0.25) is 0 Å². The number of fused-ring (bicyclic) bond motifs is 1. The second-order valence-electron chi connectivity index (χ2n) is 8.70. The lowest BCUT2D eigenvalue weighted by Gasteiger charge is -2.50. The molecule has 3 atom stereocenters. The number of benzene rings is 1. The van der Waals surface area contributed by atoms with E-state index in [1.807, 2.05) is 36.1 Å². The van der Waals surface area contributed by atoms with Crippen molar-refractivity contribution in [2.24, 2.45) is 0 Å². The third-order valence-electron chi connectivity index (χ3n) is 6.97. The van der Waals surface area contributed by atoms with Gasteiger partial charge in [0.15, 0.2) is 0 Å². The predicted octanol–water partition coefficient (Wildman–Crippen LogP) is 3.63. The minimum atomic E-state index is -0.422. The Bertz CT molecular complexity index is 735. The fourth-order valence-corrected chi connectivity index (χ4v) is 5.35. The molecule has 1 saturated carbocycles. The SMILES string of the molecule is CC[C@H](C)NC(=O)[C@@H]1c2ccccc2C(=O)N(C[C@@H]2CCCO2)C12CCCC2. The highest BCUT2D eigenvalue weighted by Gasteiger charge is 2.56. The summed E-state index contributed by atoms with van der Waals surface area (Å²) in [7, 11) is 0. The van der Waals surface area contributed by atoms with Gasteiger partial charge in [-0.1, -0.05) is 38.0 Å². The third kappa shape index (κ3) is 3.24. The fraction of sp³-hybridized carbons (Fsp3) is 0.652. The maximum atomic E-state index is 13.6. The molecule has 5 nitrogen and oxygen atoms in total. The lowest BCUT2D eigenvalue weighted by atomic mass is 9.70. The number of nitrogens with one attached hydrogen (secondary N) is 1. The molecular formula is C23H32N2O3. The van der Waals surface area contributed by atoms with E-state index in [9.17, 15) is 9.59 Å². The van der Waals surface area contributed by atoms with Crippen LogP contribution in [0.1, 0.15) is 80.6 Å². The van der Waals surface area contributed by atoms with Crippen LogP contribution in [0.5, 0.6) is 0 Å². The maximum absolute atomic E-state index is 13.6. The first-order valence-corrected chi connectivity index (χ1v) is 10.9. The van der Waals surface area contributed by atoms with Gasteiger partial charge in [0.25, 0.3) is 5.91 Å². The van der Waals surface area contributed by atoms with Crippen molar-refractivity contribution in [3.05, 3.63) is 35.4 Å². The first-order valence-electron chi connectivity index (χ1n) is 10.9. The molecule has 0 radical (unpaired) electrons. The van der Waals surface area contributed by atoms with Gasteiger partial charge in [-0.25, -0.2) is 0 Å². The van der Waals surface area contributed by atoms with Gasteiger partial charge >= 0.3 is 0 Å². The summed E-state index contributed by atoms with van der Waals surface area (Å²) in [6.45, 7) is 5.50. The monoisotopic (exact) mass is 384 g/mol. The highest BCUT2D eigenvalue weighted by Crippen LogP contribution is 2.50. The van der Waals surface area contributed by atoms with Crippen molar-refractivity contribution in [3.63, 3.8) is 0 Å². The number of carbonyl (C=O) groups is 2. The molecule has 0 bridgehead atoms. The van der Waals surface area contributed by atoms with Crippen LogP contribution in [0.4, 0.5) is 0 Å². The third-order valence-corrected chi connectivity index (χ3v) is 6.97. The zero-order chi connectivity index (χ0) is 19.7. The Hall–Kier alpha value is -1.88. The van der Waals surface area contributed by atoms with Crippen LogP contribution in [0.15, 0.2) is 24.3 Å². The van der Waals surface area contributed by atoms with Crippen molar-refractivity contribution in [2.45, 2.75) is 82.4 Å². The Morgan fingerprint density at radius 3 is 2.71 bits per heavy atom. The molecule has 1 N–H and O–H groups in total. The second-order valence-corrected chi connectivity index (χ2v) is 8.70. The minimum absolute atomic E-state index is 0.0635. The molecule has 1 spiro atoms. The molecule has 4 rings (SSSR count). The zero-order valence-electron chi connectivity index (χ0n) is 17.1. The minimum Gasteiger partial charge on any atom is -0.376 e. The van der Waals surface area contributed by atoms with E-state index in [0.717, 1.165) is 57.1 Å². The van der Waals surface area contributed by atoms with Gasteiger partial charge in [0.1, 0.15) is 0 Å². The summed E-state index contributed by atoms with van der Waals surface area (Å²) < 4.78 is 5.88. The van der Waals surface area contributed by atoms with Crippen molar-refractivity contribution in [1.29, 1.82) is 0 Å². The highest BCUT2D eigenvalue weighted by molar-refractivity contribution is 6.02. The molecule has 2 heterocycles. The van der Waals surface area contributed by atoms with Gasteiger partial charge in [0.05, 0.1) is 17.6 Å². The van der Waals surface area contributed by atoms with E-state index in [4.69, 9.17) is 4.74 Å². The van der Waals surface area contributed by atoms with E-state index >= 15 is 0 Å². The van der Waals surface area contributed by atoms with Crippen molar-refractivity contribution < 1.29 is 14.3 Å². The molecule has 1 aromatic carbocycles. The van der Waals surface area contributed by atoms with Crippen LogP contribution < -0.4 is 5.32 Å². The number of amides is 2. The fourth-order valence-electron chi connectivity index (χ4n) is 5.35. The van der Waals surface area contributed by atoms with E-state index in [-0.39, 0.29) is 29.9 Å². The Kier molecular flexibility index (Phi) is 5.46. The van der Waals surface area contributed by atoms with E-state index in [2.05, 4.69) is 12.2 Å². The Morgan fingerprint density at radius 2 is 2.04 bits per heavy atom. The highest BCUT2D eigenvalue weighted by atomic mass is 16.5. The number of hydrogen-bond donors (Lipinski definition) is 1. The molecule has 1 saturated heterocycles. The van der Waals surface area contributed by atoms with Crippen LogP contribution in [0, 0.1) is 0 Å². The van der Waals surface area contributed by atoms with Gasteiger partial charge < -0.3 is 15.0 Å². The number of nitrogens with zero attached hydrogens (tertiary/aromatic N) is 1. The second kappa shape index (κ2) is 7.86. The molecular weight excluding hydrogens is 352 g/mol. The molecule has 3 aliphatic rings. The number of rotatable bonds is 5. The summed E-state index contributed by atoms with van der Waals surface area (Å²) in [5, 5.41) is 3.21. The molecule has 152 valence electrons. The van der Waals surface area contributed by atoms with Gasteiger partial charge in [-0.15, -0.1) is 0 Å². The number of hydrogen-bond acceptors (Lipinski definition) is 3. The Labute approximate surface area is 167 Å². The van der Waals surface area contributed by atoms with E-state index in [1.165, 1.54) is 0 Å². The van der Waals surface area contributed by atoms with Crippen molar-refractivity contribution >= 4 is 11.8 Å². The smallest absolute Gasteiger partial charge is 0.254 e. The van der Waals surface area contributed by atoms with Gasteiger partial charge in [-0.2, -0.15) is 0 Å². The van der Waals surface area contributed by atoms with Gasteiger partial charge in [-0.05, 0) is 50.7 Å². The van der Waals surface area contributed by atoms with Gasteiger partial charge in [0.2, 0.25) is 5.91 Å². The van der Waals surface area contributed by atoms with Crippen LogP contribution in [-0.4, -0.2) is 47.6 Å². The first-order chi connectivity index (χ1) is 13.6. The average molecular weight is 385 g/mol. The van der Waals surface area contributed by atoms with E-state index < -0.39 is 5.54 Å². The molecule has 1 aliphatic carbocycles. The predicted molar refractivity (Wildman–Crippen MR) is 108 cm³/mol. The molecule has 0 aromatic heterocycles. The summed E-state index contributed by atoms with van der Waals surface area (Å²) in [5.74, 6) is -0.173. The van der Waals surface area contributed by atoms with Crippen molar-refractivity contribution in [3.8, 4) is 0 Å². The van der Waals surface area contributed by atoms with Gasteiger partial charge in [0, 0.05) is 24.8 Å². The zero-order valence-corrected chi connectivity index (χ0v) is 17.1. The molecule has 1 aromatic rings. The normalized spacial score (nSPS) is 27.1. The Morgan fingerprint density at radius 1 is 1.29 bits per heavy atom. The van der Waals surface area contributed by atoms with Crippen LogP contribution in [0.25, 0.3) is 0 Å².